The van der Waals surface area contributed by atoms with E-state index < -0.39 is 0 Å². The molecule has 0 unspecified atom stereocenters. The van der Waals surface area contributed by atoms with Crippen molar-refractivity contribution in [2.24, 2.45) is 0 Å². The van der Waals surface area contributed by atoms with Crippen molar-refractivity contribution in [3.8, 4) is 0 Å². The van der Waals surface area contributed by atoms with Crippen molar-refractivity contribution in [3.63, 3.8) is 0 Å². The molecule has 0 radical (unpaired) electrons. The zero-order valence-corrected chi connectivity index (χ0v) is 8.52. The van der Waals surface area contributed by atoms with Crippen LogP contribution in [-0.4, -0.2) is 24.9 Å². The molecule has 0 atom stereocenters. The quantitative estimate of drug-likeness (QED) is 0.707. The second-order valence-corrected chi connectivity index (χ2v) is 3.28. The van der Waals surface area contributed by atoms with Gasteiger partial charge in [0.05, 0.1) is 13.3 Å². The number of rotatable bonds is 0. The Bertz CT molecular complexity index is 340. The molecule has 1 N–H and O–H groups in total. The van der Waals surface area contributed by atoms with Gasteiger partial charge in [0.2, 0.25) is 0 Å². The molecule has 1 fully saturated rings. The van der Waals surface area contributed by atoms with Gasteiger partial charge in [-0.05, 0) is 16.8 Å². The predicted octanol–water partition coefficient (Wildman–Crippen LogP) is 1.80. The molecule has 0 amide bonds. The van der Waals surface area contributed by atoms with Gasteiger partial charge >= 0.3 is 0 Å². The van der Waals surface area contributed by atoms with Crippen molar-refractivity contribution >= 4 is 10.8 Å². The molecule has 2 heterocycles. The zero-order chi connectivity index (χ0) is 10.3. The van der Waals surface area contributed by atoms with Crippen molar-refractivity contribution in [2.75, 3.05) is 19.9 Å². The van der Waals surface area contributed by atoms with E-state index in [9.17, 15) is 0 Å². The molecule has 3 nitrogen and oxygen atoms in total. The van der Waals surface area contributed by atoms with Crippen molar-refractivity contribution in [3.05, 3.63) is 42.7 Å². The van der Waals surface area contributed by atoms with Gasteiger partial charge in [-0.2, -0.15) is 0 Å². The zero-order valence-electron chi connectivity index (χ0n) is 8.52. The summed E-state index contributed by atoms with van der Waals surface area (Å²) in [5.41, 5.74) is 0. The Morgan fingerprint density at radius 3 is 2.60 bits per heavy atom. The standard InChI is InChI=1S/C9H7N.C3H7NO/c1-2-4-9-7-10-6-5-8(9)3-1;1-2-5-3-4-1/h1-7H;4H,1-3H2. The summed E-state index contributed by atoms with van der Waals surface area (Å²) in [5.74, 6) is 0. The van der Waals surface area contributed by atoms with Crippen LogP contribution in [0.2, 0.25) is 0 Å². The van der Waals surface area contributed by atoms with Gasteiger partial charge in [-0.25, -0.2) is 0 Å². The Hall–Kier alpha value is -1.45. The molecule has 0 spiro atoms. The van der Waals surface area contributed by atoms with E-state index >= 15 is 0 Å². The number of pyridine rings is 1. The van der Waals surface area contributed by atoms with Gasteiger partial charge in [0.25, 0.3) is 0 Å². The Morgan fingerprint density at radius 1 is 1.13 bits per heavy atom. The first-order valence-corrected chi connectivity index (χ1v) is 5.04. The molecule has 2 aromatic rings. The van der Waals surface area contributed by atoms with E-state index in [2.05, 4.69) is 22.4 Å². The number of hydrogen-bond donors (Lipinski definition) is 1. The van der Waals surface area contributed by atoms with E-state index in [1.165, 1.54) is 10.8 Å². The van der Waals surface area contributed by atoms with Gasteiger partial charge in [0.15, 0.2) is 0 Å². The first kappa shape index (κ1) is 10.1. The van der Waals surface area contributed by atoms with E-state index in [-0.39, 0.29) is 0 Å². The van der Waals surface area contributed by atoms with Crippen molar-refractivity contribution in [2.45, 2.75) is 0 Å². The van der Waals surface area contributed by atoms with Crippen LogP contribution < -0.4 is 5.32 Å². The molecule has 1 aromatic carbocycles. The minimum absolute atomic E-state index is 0.750. The lowest BCUT2D eigenvalue weighted by Gasteiger charge is -1.91. The minimum Gasteiger partial charge on any atom is -0.365 e. The SMILES string of the molecule is C1COCN1.c1ccc2cnccc2c1. The molecule has 1 saturated heterocycles. The van der Waals surface area contributed by atoms with Crippen LogP contribution in [0.25, 0.3) is 10.8 Å². The number of benzene rings is 1. The lowest BCUT2D eigenvalue weighted by molar-refractivity contribution is 0.194. The summed E-state index contributed by atoms with van der Waals surface area (Å²) in [6, 6.07) is 10.2. The number of nitrogens with zero attached hydrogens (tertiary/aromatic N) is 1. The summed E-state index contributed by atoms with van der Waals surface area (Å²) >= 11 is 0. The van der Waals surface area contributed by atoms with Crippen LogP contribution in [-0.2, 0) is 4.74 Å². The first-order chi connectivity index (χ1) is 7.47. The smallest absolute Gasteiger partial charge is 0.0966 e. The fraction of sp³-hybridized carbons (Fsp3) is 0.250. The van der Waals surface area contributed by atoms with E-state index in [0.29, 0.717) is 0 Å². The van der Waals surface area contributed by atoms with Crippen LogP contribution >= 0.6 is 0 Å². The number of aromatic nitrogens is 1. The second-order valence-electron chi connectivity index (χ2n) is 3.28. The number of hydrogen-bond acceptors (Lipinski definition) is 3. The van der Waals surface area contributed by atoms with Gasteiger partial charge in [-0.3, -0.25) is 10.3 Å². The molecular formula is C12H14N2O. The van der Waals surface area contributed by atoms with E-state index in [0.717, 1.165) is 19.9 Å². The minimum atomic E-state index is 0.750. The third-order valence-corrected chi connectivity index (χ3v) is 2.18. The maximum absolute atomic E-state index is 4.83. The molecule has 78 valence electrons. The molecule has 15 heavy (non-hydrogen) atoms. The lowest BCUT2D eigenvalue weighted by atomic mass is 10.2. The van der Waals surface area contributed by atoms with Crippen LogP contribution in [0, 0.1) is 0 Å². The Balaban J connectivity index is 0.000000144. The fourth-order valence-electron chi connectivity index (χ4n) is 1.39. The second kappa shape index (κ2) is 5.44. The average Bonchev–Trinajstić information content (AvgIpc) is 2.88. The Morgan fingerprint density at radius 2 is 2.00 bits per heavy atom. The molecule has 0 saturated carbocycles. The highest BCUT2D eigenvalue weighted by Gasteiger charge is 1.92. The van der Waals surface area contributed by atoms with E-state index in [1.807, 2.05) is 30.6 Å². The summed E-state index contributed by atoms with van der Waals surface area (Å²) in [5, 5.41) is 5.45. The van der Waals surface area contributed by atoms with Crippen LogP contribution in [0.15, 0.2) is 42.7 Å². The maximum atomic E-state index is 4.83. The Labute approximate surface area is 89.1 Å². The van der Waals surface area contributed by atoms with Crippen molar-refractivity contribution in [1.82, 2.24) is 10.3 Å². The van der Waals surface area contributed by atoms with Crippen LogP contribution in [0.4, 0.5) is 0 Å². The maximum Gasteiger partial charge on any atom is 0.0966 e. The monoisotopic (exact) mass is 202 g/mol. The fourth-order valence-corrected chi connectivity index (χ4v) is 1.39. The average molecular weight is 202 g/mol. The van der Waals surface area contributed by atoms with Gasteiger partial charge < -0.3 is 4.74 Å². The molecule has 1 aromatic heterocycles. The molecule has 1 aliphatic heterocycles. The van der Waals surface area contributed by atoms with Gasteiger partial charge in [0.1, 0.15) is 0 Å². The third kappa shape index (κ3) is 3.01. The van der Waals surface area contributed by atoms with Crippen LogP contribution in [0.5, 0.6) is 0 Å². The van der Waals surface area contributed by atoms with Crippen molar-refractivity contribution in [1.29, 1.82) is 0 Å². The van der Waals surface area contributed by atoms with Gasteiger partial charge in [0, 0.05) is 18.9 Å². The highest BCUT2D eigenvalue weighted by molar-refractivity contribution is 5.80. The van der Waals surface area contributed by atoms with Crippen LogP contribution in [0.3, 0.4) is 0 Å². The largest absolute Gasteiger partial charge is 0.365 e. The van der Waals surface area contributed by atoms with Crippen LogP contribution in [0.1, 0.15) is 0 Å². The van der Waals surface area contributed by atoms with Gasteiger partial charge in [-0.1, -0.05) is 24.3 Å². The number of ether oxygens (including phenoxy) is 1. The summed E-state index contributed by atoms with van der Waals surface area (Å²) in [6.07, 6.45) is 3.68. The molecule has 3 heteroatoms. The summed E-state index contributed by atoms with van der Waals surface area (Å²) in [4.78, 5) is 4.01. The molecule has 0 bridgehead atoms. The highest BCUT2D eigenvalue weighted by atomic mass is 16.5. The summed E-state index contributed by atoms with van der Waals surface area (Å²) < 4.78 is 4.83. The number of nitrogens with one attached hydrogen (secondary N) is 1. The van der Waals surface area contributed by atoms with E-state index in [4.69, 9.17) is 4.74 Å². The molecular weight excluding hydrogens is 188 g/mol. The summed E-state index contributed by atoms with van der Waals surface area (Å²) in [7, 11) is 0. The Kier molecular flexibility index (Phi) is 3.65. The third-order valence-electron chi connectivity index (χ3n) is 2.18. The molecule has 0 aliphatic carbocycles. The topological polar surface area (TPSA) is 34.1 Å². The highest BCUT2D eigenvalue weighted by Crippen LogP contribution is 2.09. The molecule has 1 aliphatic rings. The van der Waals surface area contributed by atoms with Gasteiger partial charge in [-0.15, -0.1) is 0 Å². The molecule has 3 rings (SSSR count). The predicted molar refractivity (Wildman–Crippen MR) is 60.6 cm³/mol. The normalized spacial score (nSPS) is 14.7. The van der Waals surface area contributed by atoms with E-state index in [1.54, 1.807) is 0 Å². The van der Waals surface area contributed by atoms with Crippen molar-refractivity contribution < 1.29 is 4.74 Å². The lowest BCUT2D eigenvalue weighted by Crippen LogP contribution is -2.05. The summed E-state index contributed by atoms with van der Waals surface area (Å²) in [6.45, 7) is 2.67. The first-order valence-electron chi connectivity index (χ1n) is 5.04. The number of fused-ring (bicyclic) bond motifs is 1.